The van der Waals surface area contributed by atoms with Gasteiger partial charge >= 0.3 is 24.5 Å². The molecule has 0 amide bonds. The zero-order valence-corrected chi connectivity index (χ0v) is 62.4. The average Bonchev–Trinajstić information content (AvgIpc) is 1.06. The number of carboxylic acids is 2. The lowest BCUT2D eigenvalue weighted by atomic mass is 9.73. The molecule has 3 aromatic heterocycles. The van der Waals surface area contributed by atoms with Gasteiger partial charge in [-0.25, -0.2) is 4.79 Å². The van der Waals surface area contributed by atoms with Gasteiger partial charge in [0.25, 0.3) is 0 Å². The topological polar surface area (TPSA) is 180 Å². The van der Waals surface area contributed by atoms with E-state index in [-0.39, 0.29) is 11.8 Å². The van der Waals surface area contributed by atoms with Crippen LogP contribution in [0, 0.1) is 27.3 Å². The zero-order valence-electron chi connectivity index (χ0n) is 55.9. The van der Waals surface area contributed by atoms with Gasteiger partial charge in [-0.1, -0.05) is 37.5 Å². The normalized spacial score (nSPS) is 23.9. The van der Waals surface area contributed by atoms with E-state index in [9.17, 15) is 44.3 Å². The van der Waals surface area contributed by atoms with Crippen molar-refractivity contribution in [2.75, 3.05) is 81.8 Å². The Morgan fingerprint density at radius 2 is 0.760 bits per heavy atom. The molecule has 0 unspecified atom stereocenters. The molecule has 6 aromatic rings. The summed E-state index contributed by atoms with van der Waals surface area (Å²) in [4.78, 5) is 34.7. The number of hydrogen-bond acceptors (Lipinski definition) is 12. The molecule has 550 valence electrons. The lowest BCUT2D eigenvalue weighted by molar-refractivity contribution is -0.303. The lowest BCUT2D eigenvalue weighted by Crippen LogP contribution is -2.53. The summed E-state index contributed by atoms with van der Waals surface area (Å²) in [5.74, 6) is -3.72. The summed E-state index contributed by atoms with van der Waals surface area (Å²) in [6, 6.07) is 24.4. The highest BCUT2D eigenvalue weighted by Gasteiger charge is 2.45. The van der Waals surface area contributed by atoms with Crippen LogP contribution in [0.15, 0.2) is 72.8 Å². The number of fused-ring (bicyclic) bond motifs is 3. The second-order valence-corrected chi connectivity index (χ2v) is 32.5. The minimum absolute atomic E-state index is 0.196. The molecule has 5 saturated heterocycles. The Kier molecular flexibility index (Phi) is 25.3. The number of rotatable bonds is 11. The van der Waals surface area contributed by atoms with Gasteiger partial charge in [0.05, 0.1) is 67.3 Å². The van der Waals surface area contributed by atoms with E-state index in [1.807, 2.05) is 110 Å². The zero-order chi connectivity index (χ0) is 71.2. The molecule has 16 nitrogen and oxygen atoms in total. The van der Waals surface area contributed by atoms with Gasteiger partial charge in [0.15, 0.2) is 5.97 Å². The number of Topliss-reactive ketones (excluding diaryl/α,β-unsaturated/α-hetero) is 1. The van der Waals surface area contributed by atoms with Crippen molar-refractivity contribution in [2.24, 2.45) is 16.2 Å². The molecule has 4 saturated carbocycles. The van der Waals surface area contributed by atoms with E-state index >= 15 is 0 Å². The van der Waals surface area contributed by atoms with Crippen molar-refractivity contribution in [3.05, 3.63) is 83.9 Å². The van der Waals surface area contributed by atoms with Crippen LogP contribution in [0.2, 0.25) is 0 Å². The van der Waals surface area contributed by atoms with Gasteiger partial charge in [-0.2, -0.15) is 39.5 Å². The fraction of sp³-hybridized carbons (Fsp3) is 0.625. The van der Waals surface area contributed by atoms with E-state index in [2.05, 4.69) is 25.8 Å². The van der Waals surface area contributed by atoms with Crippen molar-refractivity contribution in [2.45, 2.75) is 203 Å². The number of nitrogens with one attached hydrogen (secondary N) is 3. The Morgan fingerprint density at radius 3 is 1.02 bits per heavy atom. The minimum Gasteiger partial charge on any atom is -0.539 e. The maximum absolute atomic E-state index is 13.0. The summed E-state index contributed by atoms with van der Waals surface area (Å²) >= 11 is 5.93. The van der Waals surface area contributed by atoms with Crippen molar-refractivity contribution in [3.63, 3.8) is 0 Å². The molecule has 28 heteroatoms. The van der Waals surface area contributed by atoms with Crippen molar-refractivity contribution in [1.29, 1.82) is 0 Å². The van der Waals surface area contributed by atoms with Crippen molar-refractivity contribution in [1.82, 2.24) is 23.5 Å². The molecule has 0 radical (unpaired) electrons. The molecular formula is C72H89F9I3N8O8-. The average molecular weight is 1750 g/mol. The predicted octanol–water partition coefficient (Wildman–Crippen LogP) is 15.8. The number of ether oxygens (including phenoxy) is 3. The number of anilines is 3. The second kappa shape index (κ2) is 33.0. The van der Waals surface area contributed by atoms with Crippen molar-refractivity contribution < 1.29 is 78.3 Å². The Morgan fingerprint density at radius 1 is 0.470 bits per heavy atom. The van der Waals surface area contributed by atoms with Gasteiger partial charge in [0.2, 0.25) is 0 Å². The van der Waals surface area contributed by atoms with Crippen LogP contribution in [-0.4, -0.2) is 161 Å². The summed E-state index contributed by atoms with van der Waals surface area (Å²) < 4.78 is 138. The molecule has 8 heterocycles. The molecule has 15 rings (SSSR count). The number of nitrogens with zero attached hydrogens (tertiary/aromatic N) is 5. The standard InChI is InChI=1S/2C23H29F3IN3O.C16H16F3IN2O.C8H14O.C2H2O4/c2*24-23(25,26)13-30-20-3-1-2-19(18(20)12-21(30)27)28-16-4-6-17(7-5-16)29-10-8-22(9-11-29)14-31-15-22;17-16(18,19)9-22-14-3-1-2-13(12(14)8-15(22)20)21-10-4-6-11(23)7-5-10;1-2-4-8(5-3-1)6-9-7-8;3-1(4)2(5)6/h2*1-3,12,16-17,28H,4-11,13-15H2;1-3,8,10,21H,4-7,9H2;1-7H2;(H,3,4)(H,5,6)/p-1. The van der Waals surface area contributed by atoms with E-state index in [1.165, 1.54) is 123 Å². The number of alkyl halides is 9. The van der Waals surface area contributed by atoms with Crippen LogP contribution in [0.4, 0.5) is 56.6 Å². The van der Waals surface area contributed by atoms with E-state index in [4.69, 9.17) is 34.0 Å². The largest absolute Gasteiger partial charge is 0.539 e. The van der Waals surface area contributed by atoms with Gasteiger partial charge in [-0.15, -0.1) is 0 Å². The van der Waals surface area contributed by atoms with Crippen LogP contribution in [0.25, 0.3) is 32.7 Å². The smallest absolute Gasteiger partial charge is 0.406 e. The van der Waals surface area contributed by atoms with Gasteiger partial charge in [0, 0.05) is 92.5 Å². The molecule has 4 N–H and O–H groups in total. The molecular weight excluding hydrogens is 1660 g/mol. The summed E-state index contributed by atoms with van der Waals surface area (Å²) in [6.45, 7) is 7.80. The van der Waals surface area contributed by atoms with E-state index in [1.54, 1.807) is 30.3 Å². The third-order valence-electron chi connectivity index (χ3n) is 22.0. The number of benzene rings is 3. The van der Waals surface area contributed by atoms with Crippen LogP contribution >= 0.6 is 67.8 Å². The van der Waals surface area contributed by atoms with Crippen LogP contribution in [0.5, 0.6) is 0 Å². The fourth-order valence-corrected chi connectivity index (χ4v) is 18.4. The molecule has 4 aliphatic carbocycles. The van der Waals surface area contributed by atoms with Gasteiger partial charge in [-0.3, -0.25) is 4.79 Å². The third-order valence-corrected chi connectivity index (χ3v) is 24.7. The first kappa shape index (κ1) is 76.8. The van der Waals surface area contributed by atoms with Crippen LogP contribution < -0.4 is 21.1 Å². The quantitative estimate of drug-likeness (QED) is 0.0547. The maximum Gasteiger partial charge on any atom is 0.406 e. The third kappa shape index (κ3) is 20.0. The molecule has 100 heavy (non-hydrogen) atoms. The van der Waals surface area contributed by atoms with E-state index < -0.39 is 50.1 Å². The predicted molar refractivity (Wildman–Crippen MR) is 389 cm³/mol. The summed E-state index contributed by atoms with van der Waals surface area (Å²) in [5.41, 5.74) is 6.23. The molecule has 5 aliphatic heterocycles. The number of halogens is 12. The fourth-order valence-electron chi connectivity index (χ4n) is 16.1. The molecule has 3 spiro atoms. The number of aromatic nitrogens is 3. The summed E-state index contributed by atoms with van der Waals surface area (Å²) in [5, 5.41) is 29.6. The number of carbonyl (C=O) groups is 3. The monoisotopic (exact) mass is 1750 g/mol. The van der Waals surface area contributed by atoms with E-state index in [0.717, 1.165) is 111 Å². The highest BCUT2D eigenvalue weighted by molar-refractivity contribution is 14.1. The Bertz CT molecular complexity index is 3570. The molecule has 0 bridgehead atoms. The number of piperidine rings is 2. The van der Waals surface area contributed by atoms with Crippen LogP contribution in [0.3, 0.4) is 0 Å². The van der Waals surface area contributed by atoms with Crippen molar-refractivity contribution in [3.8, 4) is 0 Å². The highest BCUT2D eigenvalue weighted by atomic mass is 127. The Balaban J connectivity index is 0.000000138. The number of likely N-dealkylation sites (tertiary alicyclic amines) is 2. The lowest BCUT2D eigenvalue weighted by Gasteiger charge is -2.49. The number of aliphatic carboxylic acids is 2. The number of hydrogen-bond donors (Lipinski definition) is 4. The molecule has 9 aliphatic rings. The number of carboxylic acid groups (broad SMARTS) is 2. The first-order valence-corrected chi connectivity index (χ1v) is 38.3. The number of ketones is 1. The summed E-state index contributed by atoms with van der Waals surface area (Å²) in [7, 11) is 0. The Labute approximate surface area is 617 Å². The van der Waals surface area contributed by atoms with Crippen molar-refractivity contribution >= 4 is 135 Å². The maximum atomic E-state index is 13.0. The Hall–Kier alpha value is -4.35. The minimum atomic E-state index is -4.25. The molecule has 9 fully saturated rings. The second-order valence-electron chi connectivity index (χ2n) is 29.2. The van der Waals surface area contributed by atoms with Gasteiger partial charge in [0.1, 0.15) is 25.4 Å². The summed E-state index contributed by atoms with van der Waals surface area (Å²) in [6.07, 6.45) is 11.4. The van der Waals surface area contributed by atoms with Gasteiger partial charge in [-0.05, 0) is 251 Å². The first-order chi connectivity index (χ1) is 47.5. The first-order valence-electron chi connectivity index (χ1n) is 35.0. The van der Waals surface area contributed by atoms with Gasteiger partial charge < -0.3 is 68.7 Å². The number of carbonyl (C=O) groups excluding carboxylic acids is 2. The molecule has 3 aromatic carbocycles. The van der Waals surface area contributed by atoms with E-state index in [0.29, 0.717) is 80.9 Å². The van der Waals surface area contributed by atoms with Crippen LogP contribution in [-0.2, 0) is 48.2 Å². The highest BCUT2D eigenvalue weighted by Crippen LogP contribution is 2.45. The SMILES string of the molecule is C1CCC2(CC1)COC2.FC(F)(F)Cn1c(I)cc2c(NC3CCC(N4CCC5(CC4)COC5)CC3)cccc21.FC(F)(F)Cn1c(I)cc2c(NC3CCC(N4CCC5(CC4)COC5)CC3)cccc21.O=C([O-])C(=O)O.O=C1CCC(Nc2cccc3c2cc(I)n3CC(F)(F)F)CC1. The van der Waals surface area contributed by atoms with Crippen LogP contribution in [0.1, 0.15) is 135 Å². The molecule has 0 atom stereocenters.